The van der Waals surface area contributed by atoms with Crippen LogP contribution in [0.5, 0.6) is 0 Å². The fraction of sp³-hybridized carbons (Fsp3) is 0. The second-order valence-electron chi connectivity index (χ2n) is 4.65. The molecule has 0 bridgehead atoms. The average Bonchev–Trinajstić information content (AvgIpc) is 2.94. The molecule has 21 heavy (non-hydrogen) atoms. The summed E-state index contributed by atoms with van der Waals surface area (Å²) in [6.07, 6.45) is 4.74. The first-order valence-corrected chi connectivity index (χ1v) is 6.34. The molecule has 0 saturated heterocycles. The van der Waals surface area contributed by atoms with Crippen LogP contribution in [0.25, 0.3) is 27.8 Å². The minimum atomic E-state index is -0.375. The Bertz CT molecular complexity index is 1030. The molecule has 3 heterocycles. The van der Waals surface area contributed by atoms with Crippen molar-refractivity contribution in [2.45, 2.75) is 0 Å². The summed E-state index contributed by atoms with van der Waals surface area (Å²) in [5.74, 6) is -0.375. The summed E-state index contributed by atoms with van der Waals surface area (Å²) in [6, 6.07) is 8.04. The topological polar surface area (TPSA) is 63.0 Å². The Kier molecular flexibility index (Phi) is 2.38. The van der Waals surface area contributed by atoms with Gasteiger partial charge in [0.2, 0.25) is 0 Å². The SMILES string of the molecule is O=c1[nH]c2ccncc2c2nc(-c3ccccc3F)cn12. The molecule has 1 aromatic carbocycles. The van der Waals surface area contributed by atoms with Gasteiger partial charge in [-0.05, 0) is 18.2 Å². The third kappa shape index (κ3) is 1.73. The number of nitrogens with one attached hydrogen (secondary N) is 1. The van der Waals surface area contributed by atoms with Gasteiger partial charge in [-0.15, -0.1) is 0 Å². The highest BCUT2D eigenvalue weighted by molar-refractivity contribution is 5.91. The van der Waals surface area contributed by atoms with Crippen LogP contribution in [0, 0.1) is 5.82 Å². The molecule has 0 amide bonds. The molecule has 1 N–H and O–H groups in total. The van der Waals surface area contributed by atoms with Crippen LogP contribution >= 0.6 is 0 Å². The molecule has 0 aliphatic heterocycles. The minimum Gasteiger partial charge on any atom is -0.306 e. The van der Waals surface area contributed by atoms with Gasteiger partial charge >= 0.3 is 5.69 Å². The monoisotopic (exact) mass is 280 g/mol. The van der Waals surface area contributed by atoms with Gasteiger partial charge in [0.25, 0.3) is 0 Å². The Morgan fingerprint density at radius 2 is 2.05 bits per heavy atom. The minimum absolute atomic E-state index is 0.321. The van der Waals surface area contributed by atoms with E-state index in [9.17, 15) is 9.18 Å². The Hall–Kier alpha value is -3.02. The number of aromatic nitrogens is 4. The van der Waals surface area contributed by atoms with E-state index < -0.39 is 0 Å². The lowest BCUT2D eigenvalue weighted by Crippen LogP contribution is -2.15. The van der Waals surface area contributed by atoms with Crippen LogP contribution in [0.2, 0.25) is 0 Å². The predicted molar refractivity (Wildman–Crippen MR) is 76.5 cm³/mol. The van der Waals surface area contributed by atoms with Crippen LogP contribution < -0.4 is 5.69 Å². The number of hydrogen-bond acceptors (Lipinski definition) is 3. The predicted octanol–water partition coefficient (Wildman–Crippen LogP) is 2.38. The van der Waals surface area contributed by atoms with E-state index in [-0.39, 0.29) is 11.5 Å². The van der Waals surface area contributed by atoms with Gasteiger partial charge in [0.1, 0.15) is 5.82 Å². The van der Waals surface area contributed by atoms with Crippen LogP contribution in [0.4, 0.5) is 4.39 Å². The summed E-state index contributed by atoms with van der Waals surface area (Å²) >= 11 is 0. The zero-order chi connectivity index (χ0) is 14.4. The summed E-state index contributed by atoms with van der Waals surface area (Å²) < 4.78 is 15.2. The van der Waals surface area contributed by atoms with Crippen LogP contribution in [0.15, 0.2) is 53.7 Å². The zero-order valence-electron chi connectivity index (χ0n) is 10.7. The summed E-state index contributed by atoms with van der Waals surface area (Å²) in [5, 5.41) is 0.708. The molecule has 0 radical (unpaired) electrons. The lowest BCUT2D eigenvalue weighted by Gasteiger charge is -1.98. The number of H-pyrrole nitrogens is 1. The van der Waals surface area contributed by atoms with Gasteiger partial charge in [-0.3, -0.25) is 9.38 Å². The van der Waals surface area contributed by atoms with Crippen molar-refractivity contribution in [2.75, 3.05) is 0 Å². The maximum Gasteiger partial charge on any atom is 0.331 e. The number of imidazole rings is 1. The largest absolute Gasteiger partial charge is 0.331 e. The van der Waals surface area contributed by atoms with Crippen molar-refractivity contribution in [3.8, 4) is 11.3 Å². The number of halogens is 1. The highest BCUT2D eigenvalue weighted by atomic mass is 19.1. The fourth-order valence-electron chi connectivity index (χ4n) is 2.38. The molecule has 0 aliphatic carbocycles. The number of hydrogen-bond donors (Lipinski definition) is 1. The van der Waals surface area contributed by atoms with Crippen molar-refractivity contribution in [3.63, 3.8) is 0 Å². The molecule has 6 heteroatoms. The normalized spacial score (nSPS) is 11.3. The summed E-state index contributed by atoms with van der Waals surface area (Å²) in [4.78, 5) is 23.3. The quantitative estimate of drug-likeness (QED) is 0.582. The highest BCUT2D eigenvalue weighted by Gasteiger charge is 2.12. The summed E-state index contributed by atoms with van der Waals surface area (Å²) in [5.41, 5.74) is 1.56. The van der Waals surface area contributed by atoms with Gasteiger partial charge in [0.15, 0.2) is 5.65 Å². The second-order valence-corrected chi connectivity index (χ2v) is 4.65. The van der Waals surface area contributed by atoms with Crippen molar-refractivity contribution >= 4 is 16.6 Å². The average molecular weight is 280 g/mol. The first-order chi connectivity index (χ1) is 10.2. The Morgan fingerprint density at radius 3 is 2.90 bits per heavy atom. The standard InChI is InChI=1S/C15H9FN4O/c16-11-4-2-1-3-9(11)13-8-20-14(18-13)10-7-17-6-5-12(10)19-15(20)21/h1-8H,(H,19,21). The number of nitrogens with zero attached hydrogens (tertiary/aromatic N) is 3. The lowest BCUT2D eigenvalue weighted by atomic mass is 10.1. The molecule has 3 aromatic heterocycles. The molecule has 0 saturated carbocycles. The van der Waals surface area contributed by atoms with Gasteiger partial charge in [0.05, 0.1) is 16.6 Å². The van der Waals surface area contributed by atoms with Crippen LogP contribution in [-0.2, 0) is 0 Å². The third-order valence-electron chi connectivity index (χ3n) is 3.38. The van der Waals surface area contributed by atoms with E-state index in [0.717, 1.165) is 0 Å². The van der Waals surface area contributed by atoms with Gasteiger partial charge < -0.3 is 4.98 Å². The van der Waals surface area contributed by atoms with E-state index in [2.05, 4.69) is 15.0 Å². The van der Waals surface area contributed by atoms with E-state index in [1.807, 2.05) is 0 Å². The van der Waals surface area contributed by atoms with E-state index in [1.165, 1.54) is 16.7 Å². The van der Waals surface area contributed by atoms with Crippen LogP contribution in [0.1, 0.15) is 0 Å². The van der Waals surface area contributed by atoms with Crippen molar-refractivity contribution < 1.29 is 4.39 Å². The molecule has 0 aliphatic rings. The van der Waals surface area contributed by atoms with Crippen molar-refractivity contribution in [1.29, 1.82) is 0 Å². The highest BCUT2D eigenvalue weighted by Crippen LogP contribution is 2.23. The molecule has 102 valence electrons. The molecule has 4 aromatic rings. The number of aromatic amines is 1. The van der Waals surface area contributed by atoms with E-state index in [4.69, 9.17) is 0 Å². The van der Waals surface area contributed by atoms with Crippen LogP contribution in [-0.4, -0.2) is 19.4 Å². The maximum absolute atomic E-state index is 13.9. The summed E-state index contributed by atoms with van der Waals surface area (Å²) in [6.45, 7) is 0. The van der Waals surface area contributed by atoms with Gasteiger partial charge in [-0.1, -0.05) is 12.1 Å². The molecule has 4 rings (SSSR count). The van der Waals surface area contributed by atoms with E-state index in [1.54, 1.807) is 36.7 Å². The van der Waals surface area contributed by atoms with Crippen molar-refractivity contribution in [3.05, 3.63) is 65.2 Å². The Morgan fingerprint density at radius 1 is 1.19 bits per heavy atom. The molecule has 0 unspecified atom stereocenters. The number of pyridine rings is 1. The van der Waals surface area contributed by atoms with Gasteiger partial charge in [-0.2, -0.15) is 0 Å². The Labute approximate surface area is 117 Å². The maximum atomic E-state index is 13.9. The second kappa shape index (κ2) is 4.24. The first kappa shape index (κ1) is 11.8. The fourth-order valence-corrected chi connectivity index (χ4v) is 2.38. The molecule has 0 fully saturated rings. The molecular formula is C15H9FN4O. The van der Waals surface area contributed by atoms with E-state index >= 15 is 0 Å². The smallest absolute Gasteiger partial charge is 0.306 e. The number of benzene rings is 1. The molecule has 5 nitrogen and oxygen atoms in total. The lowest BCUT2D eigenvalue weighted by molar-refractivity contribution is 0.631. The third-order valence-corrected chi connectivity index (χ3v) is 3.38. The molecule has 0 atom stereocenters. The van der Waals surface area contributed by atoms with Gasteiger partial charge in [0, 0.05) is 24.2 Å². The van der Waals surface area contributed by atoms with Crippen LogP contribution in [0.3, 0.4) is 0 Å². The van der Waals surface area contributed by atoms with Gasteiger partial charge in [-0.25, -0.2) is 14.2 Å². The molecule has 0 spiro atoms. The Balaban J connectivity index is 2.11. The van der Waals surface area contributed by atoms with Crippen molar-refractivity contribution in [1.82, 2.24) is 19.4 Å². The number of fused-ring (bicyclic) bond motifs is 3. The van der Waals surface area contributed by atoms with Crippen molar-refractivity contribution in [2.24, 2.45) is 0 Å². The zero-order valence-corrected chi connectivity index (χ0v) is 10.7. The molecular weight excluding hydrogens is 271 g/mol. The first-order valence-electron chi connectivity index (χ1n) is 6.34. The number of rotatable bonds is 1. The van der Waals surface area contributed by atoms with E-state index in [0.29, 0.717) is 27.8 Å². The summed E-state index contributed by atoms with van der Waals surface area (Å²) in [7, 11) is 0.